The summed E-state index contributed by atoms with van der Waals surface area (Å²) in [5.41, 5.74) is 3.77. The zero-order chi connectivity index (χ0) is 29.3. The van der Waals surface area contributed by atoms with E-state index in [1.165, 1.54) is 16.9 Å². The number of nitrogens with zero attached hydrogens (tertiary/aromatic N) is 2. The lowest BCUT2D eigenvalue weighted by Gasteiger charge is -2.26. The van der Waals surface area contributed by atoms with Crippen molar-refractivity contribution in [3.63, 3.8) is 0 Å². The number of benzene rings is 2. The first-order valence-corrected chi connectivity index (χ1v) is 16.0. The summed E-state index contributed by atoms with van der Waals surface area (Å²) in [7, 11) is 0. The molecule has 1 aliphatic heterocycles. The largest absolute Gasteiger partial charge is 0.463 e. The number of carbonyl (C=O) groups excluding carboxylic acids is 1. The van der Waals surface area contributed by atoms with Crippen molar-refractivity contribution in [1.82, 2.24) is 4.57 Å². The van der Waals surface area contributed by atoms with Gasteiger partial charge >= 0.3 is 5.97 Å². The van der Waals surface area contributed by atoms with E-state index < -0.39 is 12.0 Å². The molecule has 0 bridgehead atoms. The lowest BCUT2D eigenvalue weighted by molar-refractivity contribution is -0.139. The Balaban J connectivity index is 1.67. The number of thiazole rings is 1. The summed E-state index contributed by atoms with van der Waals surface area (Å²) in [4.78, 5) is 32.8. The zero-order valence-corrected chi connectivity index (χ0v) is 27.2. The van der Waals surface area contributed by atoms with Crippen LogP contribution in [0.15, 0.2) is 89.0 Å². The van der Waals surface area contributed by atoms with Gasteiger partial charge in [0.15, 0.2) is 4.80 Å². The molecular weight excluding hydrogens is 668 g/mol. The van der Waals surface area contributed by atoms with Gasteiger partial charge in [0, 0.05) is 20.6 Å². The van der Waals surface area contributed by atoms with Crippen molar-refractivity contribution in [3.8, 4) is 11.3 Å². The third kappa shape index (κ3) is 5.98. The maximum absolute atomic E-state index is 14.0. The second-order valence-corrected chi connectivity index (χ2v) is 12.8. The SMILES string of the molecule is CCCC1=C(C(=O)OCC)[C@@H](c2ccc(C(C)C)cc2)n2c(s/c(=C/c3ccc(-c4cc(Br)ccc4Br)o3)c2=O)=N1. The second kappa shape index (κ2) is 12.5. The number of carbonyl (C=O) groups is 1. The minimum absolute atomic E-state index is 0.231. The number of furan rings is 1. The van der Waals surface area contributed by atoms with Gasteiger partial charge in [-0.25, -0.2) is 9.79 Å². The molecule has 0 N–H and O–H groups in total. The number of aromatic nitrogens is 1. The second-order valence-electron chi connectivity index (χ2n) is 10.1. The van der Waals surface area contributed by atoms with Crippen LogP contribution >= 0.6 is 43.2 Å². The Morgan fingerprint density at radius 2 is 1.88 bits per heavy atom. The van der Waals surface area contributed by atoms with Crippen molar-refractivity contribution >= 4 is 55.2 Å². The Morgan fingerprint density at radius 3 is 2.56 bits per heavy atom. The van der Waals surface area contributed by atoms with Crippen LogP contribution in [0.25, 0.3) is 17.4 Å². The molecule has 3 heterocycles. The number of hydrogen-bond donors (Lipinski definition) is 0. The standard InChI is InChI=1S/C32H30Br2N2O4S/c1-5-7-25-28(31(38)39-6-2)29(20-10-8-19(9-11-20)18(3)4)36-30(37)27(41-32(36)35-25)17-22-13-15-26(40-22)23-16-21(33)12-14-24(23)34/h8-18,29H,5-7H2,1-4H3/b27-17+/t29-/m1/s1. The minimum atomic E-state index is -0.639. The van der Waals surface area contributed by atoms with Crippen molar-refractivity contribution in [2.75, 3.05) is 6.61 Å². The molecule has 0 radical (unpaired) electrons. The molecule has 9 heteroatoms. The van der Waals surface area contributed by atoms with Gasteiger partial charge in [-0.3, -0.25) is 9.36 Å². The van der Waals surface area contributed by atoms with Gasteiger partial charge < -0.3 is 9.15 Å². The van der Waals surface area contributed by atoms with Crippen LogP contribution in [-0.4, -0.2) is 17.1 Å². The van der Waals surface area contributed by atoms with Gasteiger partial charge in [0.05, 0.1) is 28.5 Å². The van der Waals surface area contributed by atoms with Crippen molar-refractivity contribution in [3.05, 3.63) is 111 Å². The Hall–Kier alpha value is -3.01. The molecule has 0 fully saturated rings. The van der Waals surface area contributed by atoms with Crippen LogP contribution in [-0.2, 0) is 9.53 Å². The summed E-state index contributed by atoms with van der Waals surface area (Å²) in [6, 6.07) is 17.1. The monoisotopic (exact) mass is 696 g/mol. The highest BCUT2D eigenvalue weighted by atomic mass is 79.9. The first-order valence-electron chi connectivity index (χ1n) is 13.6. The van der Waals surface area contributed by atoms with E-state index in [1.54, 1.807) is 17.6 Å². The molecule has 0 saturated carbocycles. The number of halogens is 2. The fraction of sp³-hybridized carbons (Fsp3) is 0.281. The van der Waals surface area contributed by atoms with E-state index in [-0.39, 0.29) is 12.2 Å². The average molecular weight is 698 g/mol. The molecule has 212 valence electrons. The fourth-order valence-corrected chi connectivity index (χ4v) is 6.69. The molecule has 0 saturated heterocycles. The number of hydrogen-bond acceptors (Lipinski definition) is 6. The molecule has 1 aliphatic rings. The predicted octanol–water partition coefficient (Wildman–Crippen LogP) is 7.49. The third-order valence-electron chi connectivity index (χ3n) is 6.91. The molecule has 2 aromatic heterocycles. The summed E-state index contributed by atoms with van der Waals surface area (Å²) < 4.78 is 15.6. The molecular formula is C32H30Br2N2O4S. The molecule has 0 amide bonds. The lowest BCUT2D eigenvalue weighted by atomic mass is 9.92. The Morgan fingerprint density at radius 1 is 1.12 bits per heavy atom. The molecule has 6 nitrogen and oxygen atoms in total. The normalized spacial score (nSPS) is 15.3. The van der Waals surface area contributed by atoms with E-state index in [0.29, 0.717) is 44.5 Å². The van der Waals surface area contributed by atoms with Crippen LogP contribution in [0, 0.1) is 0 Å². The van der Waals surface area contributed by atoms with Crippen LogP contribution in [0.2, 0.25) is 0 Å². The van der Waals surface area contributed by atoms with E-state index in [0.717, 1.165) is 26.5 Å². The minimum Gasteiger partial charge on any atom is -0.463 e. The Bertz CT molecular complexity index is 1810. The summed E-state index contributed by atoms with van der Waals surface area (Å²) in [5.74, 6) is 1.14. The van der Waals surface area contributed by atoms with Crippen LogP contribution < -0.4 is 14.9 Å². The molecule has 2 aromatic carbocycles. The van der Waals surface area contributed by atoms with Crippen molar-refractivity contribution < 1.29 is 13.9 Å². The van der Waals surface area contributed by atoms with E-state index >= 15 is 0 Å². The van der Waals surface area contributed by atoms with E-state index in [9.17, 15) is 9.59 Å². The first-order chi connectivity index (χ1) is 19.7. The van der Waals surface area contributed by atoms with Gasteiger partial charge in [-0.1, -0.05) is 94.7 Å². The number of ether oxygens (including phenoxy) is 1. The van der Waals surface area contributed by atoms with Crippen molar-refractivity contribution in [1.29, 1.82) is 0 Å². The number of fused-ring (bicyclic) bond motifs is 1. The summed E-state index contributed by atoms with van der Waals surface area (Å²) in [6.07, 6.45) is 3.14. The highest BCUT2D eigenvalue weighted by Crippen LogP contribution is 2.34. The topological polar surface area (TPSA) is 73.8 Å². The first kappa shape index (κ1) is 29.5. The van der Waals surface area contributed by atoms with E-state index in [4.69, 9.17) is 14.1 Å². The maximum Gasteiger partial charge on any atom is 0.338 e. The van der Waals surface area contributed by atoms with Gasteiger partial charge in [0.2, 0.25) is 0 Å². The number of esters is 1. The third-order valence-corrected chi connectivity index (χ3v) is 9.07. The van der Waals surface area contributed by atoms with E-state index in [1.807, 2.05) is 49.4 Å². The fourth-order valence-electron chi connectivity index (χ4n) is 4.89. The van der Waals surface area contributed by atoms with Crippen LogP contribution in [0.5, 0.6) is 0 Å². The molecule has 41 heavy (non-hydrogen) atoms. The molecule has 0 spiro atoms. The molecule has 1 atom stereocenters. The van der Waals surface area contributed by atoms with Gasteiger partial charge in [-0.2, -0.15) is 0 Å². The summed E-state index contributed by atoms with van der Waals surface area (Å²) in [5, 5.41) is 0. The quantitative estimate of drug-likeness (QED) is 0.179. The molecule has 0 aliphatic carbocycles. The highest BCUT2D eigenvalue weighted by Gasteiger charge is 2.34. The predicted molar refractivity (Wildman–Crippen MR) is 170 cm³/mol. The van der Waals surface area contributed by atoms with Crippen LogP contribution in [0.3, 0.4) is 0 Å². The summed E-state index contributed by atoms with van der Waals surface area (Å²) >= 11 is 8.39. The highest BCUT2D eigenvalue weighted by molar-refractivity contribution is 9.11. The Kier molecular flexibility index (Phi) is 8.97. The van der Waals surface area contributed by atoms with Gasteiger partial charge in [-0.05, 0) is 60.7 Å². The Labute approximate surface area is 259 Å². The lowest BCUT2D eigenvalue weighted by Crippen LogP contribution is -2.40. The number of rotatable bonds is 8. The maximum atomic E-state index is 14.0. The van der Waals surface area contributed by atoms with Gasteiger partial charge in [-0.15, -0.1) is 0 Å². The summed E-state index contributed by atoms with van der Waals surface area (Å²) in [6.45, 7) is 8.34. The van der Waals surface area contributed by atoms with Crippen LogP contribution in [0.1, 0.15) is 69.4 Å². The van der Waals surface area contributed by atoms with Crippen LogP contribution in [0.4, 0.5) is 0 Å². The average Bonchev–Trinajstić information content (AvgIpc) is 3.54. The molecule has 0 unspecified atom stereocenters. The smallest absolute Gasteiger partial charge is 0.338 e. The van der Waals surface area contributed by atoms with Gasteiger partial charge in [0.1, 0.15) is 11.5 Å². The van der Waals surface area contributed by atoms with Crippen molar-refractivity contribution in [2.24, 2.45) is 4.99 Å². The number of allylic oxidation sites excluding steroid dienone is 1. The van der Waals surface area contributed by atoms with Gasteiger partial charge in [0.25, 0.3) is 5.56 Å². The zero-order valence-electron chi connectivity index (χ0n) is 23.2. The molecule has 5 rings (SSSR count). The molecule has 4 aromatic rings. The van der Waals surface area contributed by atoms with Crippen molar-refractivity contribution in [2.45, 2.75) is 52.5 Å². The van der Waals surface area contributed by atoms with E-state index in [2.05, 4.69) is 57.8 Å².